The Balaban J connectivity index is 2.07. The van der Waals surface area contributed by atoms with Crippen LogP contribution in [-0.2, 0) is 14.3 Å². The van der Waals surface area contributed by atoms with Gasteiger partial charge in [-0.3, -0.25) is 4.79 Å². The molecule has 2 rings (SSSR count). The van der Waals surface area contributed by atoms with E-state index in [9.17, 15) is 14.4 Å². The van der Waals surface area contributed by atoms with Gasteiger partial charge < -0.3 is 20.1 Å². The van der Waals surface area contributed by atoms with Gasteiger partial charge in [-0.1, -0.05) is 18.2 Å². The molecule has 1 amide bonds. The number of methoxy groups -OCH3 is 2. The summed E-state index contributed by atoms with van der Waals surface area (Å²) in [6.07, 6.45) is 0. The third-order valence-electron chi connectivity index (χ3n) is 4.64. The van der Waals surface area contributed by atoms with E-state index in [0.717, 1.165) is 11.1 Å². The van der Waals surface area contributed by atoms with E-state index in [1.165, 1.54) is 38.0 Å². The molecule has 0 bridgehead atoms. The molecule has 7 nitrogen and oxygen atoms in total. The van der Waals surface area contributed by atoms with E-state index < -0.39 is 11.9 Å². The van der Waals surface area contributed by atoms with Gasteiger partial charge in [-0.25, -0.2) is 9.59 Å². The number of rotatable bonds is 7. The van der Waals surface area contributed by atoms with Crippen LogP contribution in [0.4, 0.5) is 5.69 Å². The summed E-state index contributed by atoms with van der Waals surface area (Å²) >= 11 is 0. The van der Waals surface area contributed by atoms with Gasteiger partial charge in [0.05, 0.1) is 37.9 Å². The molecule has 2 aromatic carbocycles. The molecule has 0 saturated heterocycles. The number of esters is 2. The van der Waals surface area contributed by atoms with E-state index in [2.05, 4.69) is 16.7 Å². The van der Waals surface area contributed by atoms with Gasteiger partial charge in [-0.05, 0) is 55.7 Å². The third-order valence-corrected chi connectivity index (χ3v) is 4.64. The van der Waals surface area contributed by atoms with Crippen molar-refractivity contribution in [2.45, 2.75) is 26.8 Å². The smallest absolute Gasteiger partial charge is 0.337 e. The first-order valence-electron chi connectivity index (χ1n) is 9.17. The summed E-state index contributed by atoms with van der Waals surface area (Å²) in [7, 11) is 2.50. The van der Waals surface area contributed by atoms with Crippen molar-refractivity contribution < 1.29 is 23.9 Å². The highest BCUT2D eigenvalue weighted by Gasteiger charge is 2.15. The second-order valence-corrected chi connectivity index (χ2v) is 6.77. The first-order valence-corrected chi connectivity index (χ1v) is 9.17. The van der Waals surface area contributed by atoms with Crippen molar-refractivity contribution in [3.05, 3.63) is 64.2 Å². The first kappa shape index (κ1) is 21.9. The highest BCUT2D eigenvalue weighted by atomic mass is 16.5. The van der Waals surface area contributed by atoms with Crippen LogP contribution in [0, 0.1) is 13.8 Å². The predicted octanol–water partition coefficient (Wildman–Crippen LogP) is 3.17. The maximum absolute atomic E-state index is 12.3. The molecule has 0 aromatic heterocycles. The Morgan fingerprint density at radius 2 is 1.48 bits per heavy atom. The second kappa shape index (κ2) is 9.73. The van der Waals surface area contributed by atoms with Gasteiger partial charge in [-0.15, -0.1) is 0 Å². The lowest BCUT2D eigenvalue weighted by atomic mass is 10.0. The normalized spacial score (nSPS) is 11.3. The lowest BCUT2D eigenvalue weighted by Crippen LogP contribution is -2.32. The van der Waals surface area contributed by atoms with Crippen molar-refractivity contribution in [1.82, 2.24) is 5.32 Å². The van der Waals surface area contributed by atoms with E-state index in [1.54, 1.807) is 0 Å². The van der Waals surface area contributed by atoms with E-state index in [1.807, 2.05) is 32.9 Å². The molecule has 1 unspecified atom stereocenters. The molecular formula is C22H26N2O5. The summed E-state index contributed by atoms with van der Waals surface area (Å²) < 4.78 is 9.41. The molecule has 7 heteroatoms. The van der Waals surface area contributed by atoms with Gasteiger partial charge in [-0.2, -0.15) is 0 Å². The summed E-state index contributed by atoms with van der Waals surface area (Å²) in [5.41, 5.74) is 4.17. The van der Waals surface area contributed by atoms with Crippen LogP contribution in [0.1, 0.15) is 50.4 Å². The summed E-state index contributed by atoms with van der Waals surface area (Å²) in [6, 6.07) is 10.3. The number of ether oxygens (including phenoxy) is 2. The molecule has 154 valence electrons. The standard InChI is InChI=1S/C22H26N2O5/c1-13-6-7-16(8-14(13)2)15(3)24-20(25)12-23-19-10-17(21(26)28-4)9-18(11-19)22(27)29-5/h6-11,15,23H,12H2,1-5H3,(H,24,25). The molecule has 29 heavy (non-hydrogen) atoms. The van der Waals surface area contributed by atoms with Crippen molar-refractivity contribution in [3.63, 3.8) is 0 Å². The molecule has 0 fully saturated rings. The average Bonchev–Trinajstić information content (AvgIpc) is 2.72. The zero-order valence-electron chi connectivity index (χ0n) is 17.3. The Bertz CT molecular complexity index is 889. The predicted molar refractivity (Wildman–Crippen MR) is 110 cm³/mol. The van der Waals surface area contributed by atoms with E-state index in [0.29, 0.717) is 5.69 Å². The fourth-order valence-electron chi connectivity index (χ4n) is 2.79. The average molecular weight is 398 g/mol. The highest BCUT2D eigenvalue weighted by molar-refractivity contribution is 5.97. The number of carbonyl (C=O) groups is 3. The molecule has 2 N–H and O–H groups in total. The maximum Gasteiger partial charge on any atom is 0.337 e. The Morgan fingerprint density at radius 1 is 0.897 bits per heavy atom. The third kappa shape index (κ3) is 5.81. The lowest BCUT2D eigenvalue weighted by Gasteiger charge is -2.16. The Kier molecular flexibility index (Phi) is 7.36. The van der Waals surface area contributed by atoms with E-state index in [4.69, 9.17) is 9.47 Å². The van der Waals surface area contributed by atoms with Crippen molar-refractivity contribution in [2.75, 3.05) is 26.1 Å². The lowest BCUT2D eigenvalue weighted by molar-refractivity contribution is -0.120. The van der Waals surface area contributed by atoms with E-state index >= 15 is 0 Å². The minimum Gasteiger partial charge on any atom is -0.465 e. The van der Waals surface area contributed by atoms with Crippen LogP contribution in [-0.4, -0.2) is 38.6 Å². The van der Waals surface area contributed by atoms with Crippen LogP contribution in [0.15, 0.2) is 36.4 Å². The molecule has 0 heterocycles. The van der Waals surface area contributed by atoms with Gasteiger partial charge >= 0.3 is 11.9 Å². The van der Waals surface area contributed by atoms with Crippen LogP contribution in [0.5, 0.6) is 0 Å². The molecule has 0 aliphatic rings. The van der Waals surface area contributed by atoms with Gasteiger partial charge in [0, 0.05) is 5.69 Å². The number of carbonyl (C=O) groups excluding carboxylic acids is 3. The van der Waals surface area contributed by atoms with Gasteiger partial charge in [0.2, 0.25) is 5.91 Å². The van der Waals surface area contributed by atoms with Crippen LogP contribution >= 0.6 is 0 Å². The Morgan fingerprint density at radius 3 is 2.00 bits per heavy atom. The molecule has 2 aromatic rings. The quantitative estimate of drug-likeness (QED) is 0.696. The topological polar surface area (TPSA) is 93.7 Å². The monoisotopic (exact) mass is 398 g/mol. The second-order valence-electron chi connectivity index (χ2n) is 6.77. The van der Waals surface area contributed by atoms with Crippen molar-refractivity contribution >= 4 is 23.5 Å². The SMILES string of the molecule is COC(=O)c1cc(NCC(=O)NC(C)c2ccc(C)c(C)c2)cc(C(=O)OC)c1. The summed E-state index contributed by atoms with van der Waals surface area (Å²) in [5.74, 6) is -1.41. The van der Waals surface area contributed by atoms with Crippen LogP contribution in [0.25, 0.3) is 0 Å². The molecule has 0 spiro atoms. The highest BCUT2D eigenvalue weighted by Crippen LogP contribution is 2.18. The largest absolute Gasteiger partial charge is 0.465 e. The molecule has 1 atom stereocenters. The Labute approximate surface area is 170 Å². The molecule has 0 radical (unpaired) electrons. The summed E-state index contributed by atoms with van der Waals surface area (Å²) in [6.45, 7) is 5.95. The zero-order valence-corrected chi connectivity index (χ0v) is 17.3. The van der Waals surface area contributed by atoms with Crippen LogP contribution in [0.3, 0.4) is 0 Å². The van der Waals surface area contributed by atoms with Crippen LogP contribution in [0.2, 0.25) is 0 Å². The fourth-order valence-corrected chi connectivity index (χ4v) is 2.79. The number of hydrogen-bond acceptors (Lipinski definition) is 6. The molecule has 0 aliphatic carbocycles. The summed E-state index contributed by atoms with van der Waals surface area (Å²) in [4.78, 5) is 36.0. The minimum atomic E-state index is -0.591. The minimum absolute atomic E-state index is 0.0274. The zero-order chi connectivity index (χ0) is 21.6. The molecule has 0 saturated carbocycles. The maximum atomic E-state index is 12.3. The number of hydrogen-bond donors (Lipinski definition) is 2. The van der Waals surface area contributed by atoms with Gasteiger partial charge in [0.15, 0.2) is 0 Å². The first-order chi connectivity index (χ1) is 13.7. The number of amides is 1. The number of benzene rings is 2. The number of nitrogens with one attached hydrogen (secondary N) is 2. The molecular weight excluding hydrogens is 372 g/mol. The van der Waals surface area contributed by atoms with Gasteiger partial charge in [0.25, 0.3) is 0 Å². The van der Waals surface area contributed by atoms with E-state index in [-0.39, 0.29) is 29.6 Å². The van der Waals surface area contributed by atoms with Crippen molar-refractivity contribution in [1.29, 1.82) is 0 Å². The fraction of sp³-hybridized carbons (Fsp3) is 0.318. The van der Waals surface area contributed by atoms with Crippen molar-refractivity contribution in [3.8, 4) is 0 Å². The summed E-state index contributed by atoms with van der Waals surface area (Å²) in [5, 5.41) is 5.86. The van der Waals surface area contributed by atoms with Crippen LogP contribution < -0.4 is 10.6 Å². The number of anilines is 1. The number of aryl methyl sites for hydroxylation is 2. The Hall–Kier alpha value is -3.35. The van der Waals surface area contributed by atoms with Crippen molar-refractivity contribution in [2.24, 2.45) is 0 Å². The van der Waals surface area contributed by atoms with Gasteiger partial charge in [0.1, 0.15) is 0 Å². The molecule has 0 aliphatic heterocycles.